The van der Waals surface area contributed by atoms with Crippen LogP contribution in [0.5, 0.6) is 0 Å². The van der Waals surface area contributed by atoms with Crippen LogP contribution in [0.2, 0.25) is 0 Å². The molecule has 0 fully saturated rings. The first kappa shape index (κ1) is 16.4. The number of aromatic amines is 1. The number of hydrogen-bond donors (Lipinski definition) is 3. The van der Waals surface area contributed by atoms with Gasteiger partial charge >= 0.3 is 4.87 Å². The maximum absolute atomic E-state index is 10.9. The fourth-order valence-corrected chi connectivity index (χ4v) is 2.23. The van der Waals surface area contributed by atoms with Crippen molar-refractivity contribution < 1.29 is 9.84 Å². The summed E-state index contributed by atoms with van der Waals surface area (Å²) < 4.78 is 5.41. The molecule has 3 N–H and O–H groups in total. The van der Waals surface area contributed by atoms with E-state index in [0.29, 0.717) is 32.2 Å². The Kier molecular flexibility index (Phi) is 7.97. The van der Waals surface area contributed by atoms with E-state index in [0.717, 1.165) is 29.9 Å². The first-order chi connectivity index (χ1) is 9.08. The Morgan fingerprint density at radius 1 is 1.53 bits per heavy atom. The second-order valence-corrected chi connectivity index (χ2v) is 5.91. The SMILES string of the molecule is CC(C)CCCOCC(O)CNCc1csc(=O)[nH]1. The fraction of sp³-hybridized carbons (Fsp3) is 0.769. The number of rotatable bonds is 10. The summed E-state index contributed by atoms with van der Waals surface area (Å²) in [5.74, 6) is 0.697. The molecule has 0 aliphatic rings. The molecule has 6 heteroatoms. The molecule has 1 rings (SSSR count). The molecule has 1 aromatic heterocycles. The minimum atomic E-state index is -0.510. The van der Waals surface area contributed by atoms with Gasteiger partial charge in [-0.15, -0.1) is 0 Å². The minimum absolute atomic E-state index is 0.0502. The van der Waals surface area contributed by atoms with Crippen molar-refractivity contribution in [2.24, 2.45) is 5.92 Å². The van der Waals surface area contributed by atoms with Gasteiger partial charge in [-0.05, 0) is 18.8 Å². The van der Waals surface area contributed by atoms with Gasteiger partial charge in [0.2, 0.25) is 0 Å². The van der Waals surface area contributed by atoms with Crippen molar-refractivity contribution in [3.63, 3.8) is 0 Å². The normalized spacial score (nSPS) is 13.1. The van der Waals surface area contributed by atoms with Crippen LogP contribution in [0.15, 0.2) is 10.2 Å². The van der Waals surface area contributed by atoms with Gasteiger partial charge in [-0.3, -0.25) is 4.79 Å². The van der Waals surface area contributed by atoms with Crippen LogP contribution in [0.1, 0.15) is 32.4 Å². The zero-order valence-electron chi connectivity index (χ0n) is 11.6. The van der Waals surface area contributed by atoms with Crippen LogP contribution >= 0.6 is 11.3 Å². The van der Waals surface area contributed by atoms with E-state index in [1.165, 1.54) is 0 Å². The molecule has 1 unspecified atom stereocenters. The molecule has 1 heterocycles. The Morgan fingerprint density at radius 3 is 2.95 bits per heavy atom. The Balaban J connectivity index is 1.98. The van der Waals surface area contributed by atoms with Crippen molar-refractivity contribution in [1.82, 2.24) is 10.3 Å². The van der Waals surface area contributed by atoms with E-state index in [-0.39, 0.29) is 4.87 Å². The highest BCUT2D eigenvalue weighted by molar-refractivity contribution is 7.07. The smallest absolute Gasteiger partial charge is 0.304 e. The van der Waals surface area contributed by atoms with E-state index in [2.05, 4.69) is 24.1 Å². The number of H-pyrrole nitrogens is 1. The zero-order chi connectivity index (χ0) is 14.1. The van der Waals surface area contributed by atoms with Crippen LogP contribution < -0.4 is 10.2 Å². The molecule has 1 aromatic rings. The Labute approximate surface area is 118 Å². The second-order valence-electron chi connectivity index (χ2n) is 5.07. The second kappa shape index (κ2) is 9.25. The summed E-state index contributed by atoms with van der Waals surface area (Å²) in [6, 6.07) is 0. The first-order valence-electron chi connectivity index (χ1n) is 6.71. The van der Waals surface area contributed by atoms with Gasteiger partial charge in [-0.2, -0.15) is 0 Å². The predicted octanol–water partition coefficient (Wildman–Crippen LogP) is 1.34. The van der Waals surface area contributed by atoms with E-state index in [1.54, 1.807) is 5.38 Å². The van der Waals surface area contributed by atoms with Crippen LogP contribution in [0.3, 0.4) is 0 Å². The summed E-state index contributed by atoms with van der Waals surface area (Å²) in [7, 11) is 0. The molecule has 1 atom stereocenters. The number of hydrogen-bond acceptors (Lipinski definition) is 5. The topological polar surface area (TPSA) is 74.3 Å². The van der Waals surface area contributed by atoms with Crippen LogP contribution in [0.25, 0.3) is 0 Å². The third-order valence-corrected chi connectivity index (χ3v) is 3.37. The summed E-state index contributed by atoms with van der Waals surface area (Å²) in [5, 5.41) is 14.5. The minimum Gasteiger partial charge on any atom is -0.389 e. The Morgan fingerprint density at radius 2 is 2.32 bits per heavy atom. The van der Waals surface area contributed by atoms with E-state index < -0.39 is 6.10 Å². The summed E-state index contributed by atoms with van der Waals surface area (Å²) in [6.45, 7) is 6.45. The fourth-order valence-electron chi connectivity index (χ4n) is 1.65. The lowest BCUT2D eigenvalue weighted by Crippen LogP contribution is -2.30. The Hall–Kier alpha value is -0.690. The van der Waals surface area contributed by atoms with E-state index in [1.807, 2.05) is 0 Å². The molecule has 0 aromatic carbocycles. The number of nitrogens with one attached hydrogen (secondary N) is 2. The molecular formula is C13H24N2O3S. The van der Waals surface area contributed by atoms with Gasteiger partial charge in [0.1, 0.15) is 0 Å². The van der Waals surface area contributed by atoms with Gasteiger partial charge in [0.05, 0.1) is 12.7 Å². The quantitative estimate of drug-likeness (QED) is 0.568. The third-order valence-electron chi connectivity index (χ3n) is 2.65. The highest BCUT2D eigenvalue weighted by Crippen LogP contribution is 2.03. The highest BCUT2D eigenvalue weighted by Gasteiger charge is 2.04. The van der Waals surface area contributed by atoms with E-state index in [9.17, 15) is 9.90 Å². The van der Waals surface area contributed by atoms with Crippen LogP contribution in [-0.2, 0) is 11.3 Å². The molecule has 110 valence electrons. The van der Waals surface area contributed by atoms with Crippen molar-refractivity contribution >= 4 is 11.3 Å². The summed E-state index contributed by atoms with van der Waals surface area (Å²) in [5.41, 5.74) is 0.847. The molecule has 0 saturated carbocycles. The molecule has 0 radical (unpaired) electrons. The summed E-state index contributed by atoms with van der Waals surface area (Å²) in [4.78, 5) is 13.6. The maximum Gasteiger partial charge on any atom is 0.304 e. The van der Waals surface area contributed by atoms with Gasteiger partial charge in [0, 0.05) is 30.8 Å². The van der Waals surface area contributed by atoms with E-state index in [4.69, 9.17) is 4.74 Å². The van der Waals surface area contributed by atoms with Crippen molar-refractivity contribution in [2.45, 2.75) is 39.3 Å². The number of aliphatic hydroxyl groups excluding tert-OH is 1. The largest absolute Gasteiger partial charge is 0.389 e. The van der Waals surface area contributed by atoms with Gasteiger partial charge < -0.3 is 20.1 Å². The van der Waals surface area contributed by atoms with Crippen LogP contribution in [-0.4, -0.2) is 36.0 Å². The van der Waals surface area contributed by atoms with Gasteiger partial charge in [0.25, 0.3) is 0 Å². The van der Waals surface area contributed by atoms with Crippen molar-refractivity contribution in [1.29, 1.82) is 0 Å². The summed E-state index contributed by atoms with van der Waals surface area (Å²) >= 11 is 1.15. The zero-order valence-corrected chi connectivity index (χ0v) is 12.5. The van der Waals surface area contributed by atoms with Gasteiger partial charge in [0.15, 0.2) is 0 Å². The van der Waals surface area contributed by atoms with Gasteiger partial charge in [-0.25, -0.2) is 0 Å². The molecule has 0 bridgehead atoms. The predicted molar refractivity (Wildman–Crippen MR) is 77.5 cm³/mol. The van der Waals surface area contributed by atoms with Crippen LogP contribution in [0, 0.1) is 5.92 Å². The molecule has 0 aliphatic heterocycles. The number of aliphatic hydroxyl groups is 1. The average molecular weight is 288 g/mol. The molecular weight excluding hydrogens is 264 g/mol. The van der Waals surface area contributed by atoms with Crippen molar-refractivity contribution in [2.75, 3.05) is 19.8 Å². The number of thiazole rings is 1. The lowest BCUT2D eigenvalue weighted by molar-refractivity contribution is 0.0346. The van der Waals surface area contributed by atoms with Crippen molar-refractivity contribution in [3.05, 3.63) is 20.7 Å². The molecule has 19 heavy (non-hydrogen) atoms. The van der Waals surface area contributed by atoms with Gasteiger partial charge in [-0.1, -0.05) is 25.2 Å². The summed E-state index contributed by atoms with van der Waals surface area (Å²) in [6.07, 6.45) is 1.68. The standard InChI is InChI=1S/C13H24N2O3S/c1-10(2)4-3-5-18-8-12(16)7-14-6-11-9-19-13(17)15-11/h9-10,12,14,16H,3-8H2,1-2H3,(H,15,17). The molecule has 5 nitrogen and oxygen atoms in total. The monoisotopic (exact) mass is 288 g/mol. The van der Waals surface area contributed by atoms with Crippen molar-refractivity contribution in [3.8, 4) is 0 Å². The lowest BCUT2D eigenvalue weighted by atomic mass is 10.1. The molecule has 0 aliphatic carbocycles. The third kappa shape index (κ3) is 8.15. The Bertz CT molecular complexity index is 389. The highest BCUT2D eigenvalue weighted by atomic mass is 32.1. The average Bonchev–Trinajstić information content (AvgIpc) is 2.74. The molecule has 0 spiro atoms. The van der Waals surface area contributed by atoms with E-state index >= 15 is 0 Å². The molecule has 0 saturated heterocycles. The first-order valence-corrected chi connectivity index (χ1v) is 7.59. The number of aromatic nitrogens is 1. The van der Waals surface area contributed by atoms with Crippen LogP contribution in [0.4, 0.5) is 0 Å². The molecule has 0 amide bonds. The lowest BCUT2D eigenvalue weighted by Gasteiger charge is -2.12. The maximum atomic E-state index is 10.9. The number of ether oxygens (including phenoxy) is 1.